The van der Waals surface area contributed by atoms with Crippen LogP contribution in [0.15, 0.2) is 54.6 Å². The van der Waals surface area contributed by atoms with Crippen LogP contribution >= 0.6 is 12.4 Å². The van der Waals surface area contributed by atoms with Crippen molar-refractivity contribution < 1.29 is 0 Å². The predicted molar refractivity (Wildman–Crippen MR) is 94.9 cm³/mol. The maximum Gasteiger partial charge on any atom is 0.00104 e. The summed E-state index contributed by atoms with van der Waals surface area (Å²) in [7, 11) is 0. The Balaban J connectivity index is 0.00000220. The molecule has 2 aromatic carbocycles. The predicted octanol–water partition coefficient (Wildman–Crippen LogP) is 5.23. The van der Waals surface area contributed by atoms with E-state index in [0.29, 0.717) is 6.04 Å². The van der Waals surface area contributed by atoms with Gasteiger partial charge in [0.1, 0.15) is 0 Å². The summed E-state index contributed by atoms with van der Waals surface area (Å²) < 4.78 is 0. The van der Waals surface area contributed by atoms with Crippen LogP contribution in [0.2, 0.25) is 0 Å². The fourth-order valence-electron chi connectivity index (χ4n) is 2.47. The molecule has 0 aliphatic carbocycles. The molecule has 1 unspecified atom stereocenters. The number of rotatable bonds is 7. The molecule has 0 amide bonds. The Morgan fingerprint density at radius 1 is 0.810 bits per heavy atom. The van der Waals surface area contributed by atoms with Gasteiger partial charge in [-0.2, -0.15) is 0 Å². The van der Waals surface area contributed by atoms with Gasteiger partial charge in [-0.15, -0.1) is 12.4 Å². The Hall–Kier alpha value is -1.31. The van der Waals surface area contributed by atoms with Gasteiger partial charge < -0.3 is 5.73 Å². The van der Waals surface area contributed by atoms with Crippen molar-refractivity contribution in [3.63, 3.8) is 0 Å². The first-order valence-corrected chi connectivity index (χ1v) is 7.65. The van der Waals surface area contributed by atoms with Crippen molar-refractivity contribution >= 4 is 12.4 Å². The molecule has 0 saturated heterocycles. The lowest BCUT2D eigenvalue weighted by Crippen LogP contribution is -2.13. The van der Waals surface area contributed by atoms with E-state index in [2.05, 4.69) is 61.5 Å². The van der Waals surface area contributed by atoms with Crippen LogP contribution in [-0.4, -0.2) is 6.04 Å². The van der Waals surface area contributed by atoms with Crippen molar-refractivity contribution in [3.8, 4) is 11.1 Å². The molecule has 1 nitrogen and oxygen atoms in total. The molecule has 2 heteroatoms. The fourth-order valence-corrected chi connectivity index (χ4v) is 2.47. The minimum absolute atomic E-state index is 0. The van der Waals surface area contributed by atoms with Gasteiger partial charge in [-0.1, -0.05) is 67.4 Å². The van der Waals surface area contributed by atoms with Crippen molar-refractivity contribution in [3.05, 3.63) is 60.2 Å². The number of hydrogen-bond donors (Lipinski definition) is 1. The van der Waals surface area contributed by atoms with Crippen LogP contribution in [0.1, 0.15) is 38.2 Å². The van der Waals surface area contributed by atoms with E-state index in [0.717, 1.165) is 6.42 Å². The number of nitrogens with two attached hydrogens (primary N) is 1. The van der Waals surface area contributed by atoms with Crippen molar-refractivity contribution in [1.82, 2.24) is 0 Å². The van der Waals surface area contributed by atoms with Gasteiger partial charge in [-0.05, 0) is 42.9 Å². The number of benzene rings is 2. The summed E-state index contributed by atoms with van der Waals surface area (Å²) in [4.78, 5) is 0. The monoisotopic (exact) mass is 303 g/mol. The molecule has 0 aliphatic heterocycles. The van der Waals surface area contributed by atoms with E-state index in [1.165, 1.54) is 42.4 Å². The third-order valence-electron chi connectivity index (χ3n) is 3.69. The Morgan fingerprint density at radius 2 is 1.43 bits per heavy atom. The molecule has 1 atom stereocenters. The topological polar surface area (TPSA) is 26.0 Å². The third-order valence-corrected chi connectivity index (χ3v) is 3.69. The van der Waals surface area contributed by atoms with Crippen LogP contribution in [0.3, 0.4) is 0 Å². The lowest BCUT2D eigenvalue weighted by molar-refractivity contribution is 0.579. The van der Waals surface area contributed by atoms with Crippen molar-refractivity contribution in [2.75, 3.05) is 0 Å². The quantitative estimate of drug-likeness (QED) is 0.697. The van der Waals surface area contributed by atoms with E-state index in [4.69, 9.17) is 5.73 Å². The molecule has 2 N–H and O–H groups in total. The van der Waals surface area contributed by atoms with Gasteiger partial charge >= 0.3 is 0 Å². The summed E-state index contributed by atoms with van der Waals surface area (Å²) in [5.41, 5.74) is 9.78. The number of hydrogen-bond acceptors (Lipinski definition) is 1. The van der Waals surface area contributed by atoms with Gasteiger partial charge in [0.15, 0.2) is 0 Å². The molecule has 0 radical (unpaired) electrons. The summed E-state index contributed by atoms with van der Waals surface area (Å²) in [5, 5.41) is 0. The minimum atomic E-state index is 0. The molecule has 0 fully saturated rings. The van der Waals surface area contributed by atoms with Gasteiger partial charge in [0.05, 0.1) is 0 Å². The van der Waals surface area contributed by atoms with Gasteiger partial charge in [0, 0.05) is 6.04 Å². The summed E-state index contributed by atoms with van der Waals surface area (Å²) >= 11 is 0. The number of unbranched alkanes of at least 4 members (excludes halogenated alkanes) is 2. The van der Waals surface area contributed by atoms with Gasteiger partial charge in [-0.3, -0.25) is 0 Å². The van der Waals surface area contributed by atoms with Crippen molar-refractivity contribution in [2.45, 2.75) is 45.1 Å². The van der Waals surface area contributed by atoms with Gasteiger partial charge in [0.25, 0.3) is 0 Å². The van der Waals surface area contributed by atoms with Crippen LogP contribution in [-0.2, 0) is 6.42 Å². The molecule has 2 aromatic rings. The molecule has 2 rings (SSSR count). The molecular formula is C19H26ClN. The zero-order chi connectivity index (χ0) is 14.2. The first-order valence-electron chi connectivity index (χ1n) is 7.65. The van der Waals surface area contributed by atoms with E-state index in [1.54, 1.807) is 0 Å². The van der Waals surface area contributed by atoms with E-state index in [-0.39, 0.29) is 12.4 Å². The maximum atomic E-state index is 5.76. The highest BCUT2D eigenvalue weighted by Crippen LogP contribution is 2.20. The molecule has 0 aromatic heterocycles. The van der Waals surface area contributed by atoms with Crippen LogP contribution < -0.4 is 5.73 Å². The van der Waals surface area contributed by atoms with Crippen LogP contribution in [0.25, 0.3) is 11.1 Å². The normalized spacial score (nSPS) is 11.7. The first kappa shape index (κ1) is 17.7. The third kappa shape index (κ3) is 6.33. The SMILES string of the molecule is CC(N)CCCCCc1ccc(-c2ccccc2)cc1.Cl. The Kier molecular flexibility index (Phi) is 8.11. The summed E-state index contributed by atoms with van der Waals surface area (Å²) in [6.45, 7) is 2.09. The van der Waals surface area contributed by atoms with E-state index in [9.17, 15) is 0 Å². The summed E-state index contributed by atoms with van der Waals surface area (Å²) in [6.07, 6.45) is 6.11. The van der Waals surface area contributed by atoms with Gasteiger partial charge in [0.2, 0.25) is 0 Å². The molecule has 0 aliphatic rings. The maximum absolute atomic E-state index is 5.76. The van der Waals surface area contributed by atoms with Crippen molar-refractivity contribution in [1.29, 1.82) is 0 Å². The number of aryl methyl sites for hydroxylation is 1. The summed E-state index contributed by atoms with van der Waals surface area (Å²) in [6, 6.07) is 19.9. The highest BCUT2D eigenvalue weighted by molar-refractivity contribution is 5.85. The first-order chi connectivity index (χ1) is 9.75. The largest absolute Gasteiger partial charge is 0.328 e. The van der Waals surface area contributed by atoms with E-state index < -0.39 is 0 Å². The van der Waals surface area contributed by atoms with E-state index in [1.807, 2.05) is 0 Å². The second kappa shape index (κ2) is 9.59. The molecule has 0 bridgehead atoms. The van der Waals surface area contributed by atoms with E-state index >= 15 is 0 Å². The minimum Gasteiger partial charge on any atom is -0.328 e. The highest BCUT2D eigenvalue weighted by Gasteiger charge is 1.99. The fraction of sp³-hybridized carbons (Fsp3) is 0.368. The average Bonchev–Trinajstić information content (AvgIpc) is 2.48. The zero-order valence-corrected chi connectivity index (χ0v) is 13.6. The van der Waals surface area contributed by atoms with Crippen LogP contribution in [0.5, 0.6) is 0 Å². The standard InChI is InChI=1S/C19H25N.ClH/c1-16(20)8-4-2-5-9-17-12-14-19(15-13-17)18-10-6-3-7-11-18;/h3,6-7,10-16H,2,4-5,8-9,20H2,1H3;1H. The molecular weight excluding hydrogens is 278 g/mol. The van der Waals surface area contributed by atoms with Gasteiger partial charge in [-0.25, -0.2) is 0 Å². The lowest BCUT2D eigenvalue weighted by Gasteiger charge is -2.06. The second-order valence-corrected chi connectivity index (χ2v) is 5.64. The molecule has 0 spiro atoms. The highest BCUT2D eigenvalue weighted by atomic mass is 35.5. The Bertz CT molecular complexity index is 491. The van der Waals surface area contributed by atoms with Crippen LogP contribution in [0.4, 0.5) is 0 Å². The Labute approximate surface area is 135 Å². The lowest BCUT2D eigenvalue weighted by atomic mass is 10.0. The van der Waals surface area contributed by atoms with Crippen LogP contribution in [0, 0.1) is 0 Å². The summed E-state index contributed by atoms with van der Waals surface area (Å²) in [5.74, 6) is 0. The molecule has 21 heavy (non-hydrogen) atoms. The smallest absolute Gasteiger partial charge is 0.00104 e. The molecule has 114 valence electrons. The molecule has 0 saturated carbocycles. The molecule has 0 heterocycles. The average molecular weight is 304 g/mol. The number of halogens is 1. The van der Waals surface area contributed by atoms with Crippen molar-refractivity contribution in [2.24, 2.45) is 5.73 Å². The second-order valence-electron chi connectivity index (χ2n) is 5.64. The Morgan fingerprint density at radius 3 is 2.05 bits per heavy atom. The zero-order valence-electron chi connectivity index (χ0n) is 12.8.